The van der Waals surface area contributed by atoms with Crippen LogP contribution in [0.3, 0.4) is 0 Å². The predicted octanol–water partition coefficient (Wildman–Crippen LogP) is 3.19. The van der Waals surface area contributed by atoms with Gasteiger partial charge in [0.15, 0.2) is 0 Å². The van der Waals surface area contributed by atoms with Crippen LogP contribution >= 0.6 is 0 Å². The Kier molecular flexibility index (Phi) is 4.97. The number of carbonyl (C=O) groups is 2. The van der Waals surface area contributed by atoms with Crippen molar-refractivity contribution < 1.29 is 14.3 Å². The lowest BCUT2D eigenvalue weighted by molar-refractivity contribution is 0.0958. The lowest BCUT2D eigenvalue weighted by Gasteiger charge is -2.11. The Morgan fingerprint density at radius 2 is 1.90 bits per heavy atom. The molecule has 0 aliphatic heterocycles. The normalized spacial score (nSPS) is 10.8. The fraction of sp³-hybridized carbons (Fsp3) is 0.136. The third-order valence-electron chi connectivity index (χ3n) is 4.91. The average Bonchev–Trinajstić information content (AvgIpc) is 3.38. The van der Waals surface area contributed by atoms with Crippen LogP contribution in [0, 0.1) is 0 Å². The van der Waals surface area contributed by atoms with Crippen molar-refractivity contribution in [3.63, 3.8) is 0 Å². The summed E-state index contributed by atoms with van der Waals surface area (Å²) in [6.45, 7) is 0. The molecule has 3 N–H and O–H groups in total. The van der Waals surface area contributed by atoms with E-state index in [4.69, 9.17) is 4.74 Å². The highest BCUT2D eigenvalue weighted by Gasteiger charge is 2.15. The lowest BCUT2D eigenvalue weighted by Crippen LogP contribution is -2.17. The molecule has 0 aliphatic carbocycles. The van der Waals surface area contributed by atoms with Crippen LogP contribution in [0.5, 0.6) is 5.75 Å². The highest BCUT2D eigenvalue weighted by molar-refractivity contribution is 6.06. The second kappa shape index (κ2) is 7.75. The molecule has 2 aromatic heterocycles. The molecule has 0 atom stereocenters. The largest absolute Gasteiger partial charge is 0.496 e. The number of hydrogen-bond donors (Lipinski definition) is 3. The topological polar surface area (TPSA) is 101 Å². The minimum Gasteiger partial charge on any atom is -0.496 e. The monoisotopic (exact) mass is 403 g/mol. The van der Waals surface area contributed by atoms with Crippen LogP contribution in [0.2, 0.25) is 0 Å². The van der Waals surface area contributed by atoms with Crippen molar-refractivity contribution in [3.05, 3.63) is 66.0 Å². The van der Waals surface area contributed by atoms with Gasteiger partial charge in [-0.1, -0.05) is 0 Å². The summed E-state index contributed by atoms with van der Waals surface area (Å²) in [5.41, 5.74) is 4.03. The number of carbonyl (C=O) groups excluding carboxylic acids is 2. The molecule has 0 radical (unpaired) electrons. The van der Waals surface area contributed by atoms with Crippen LogP contribution in [0.25, 0.3) is 22.2 Å². The summed E-state index contributed by atoms with van der Waals surface area (Å²) in [6.07, 6.45) is 1.70. The standard InChI is InChI=1S/C22H21N5O3/c1-23-22(29)18-12-14-10-15(5-6-17(14)26-18)25-21(28)13-4-7-20(30-3)16(11-13)19-8-9-24-27(19)2/h4-12,26H,1-3H3,(H,23,29)(H,25,28). The zero-order valence-electron chi connectivity index (χ0n) is 16.8. The summed E-state index contributed by atoms with van der Waals surface area (Å²) in [5, 5.41) is 10.5. The maximum absolute atomic E-state index is 12.9. The van der Waals surface area contributed by atoms with Gasteiger partial charge >= 0.3 is 0 Å². The molecule has 4 aromatic rings. The number of hydrogen-bond acceptors (Lipinski definition) is 4. The first-order valence-electron chi connectivity index (χ1n) is 9.33. The van der Waals surface area contributed by atoms with Gasteiger partial charge in [-0.3, -0.25) is 14.3 Å². The number of nitrogens with zero attached hydrogens (tertiary/aromatic N) is 2. The Hall–Kier alpha value is -4.07. The van der Waals surface area contributed by atoms with Gasteiger partial charge in [0.2, 0.25) is 0 Å². The summed E-state index contributed by atoms with van der Waals surface area (Å²) < 4.78 is 7.17. The van der Waals surface area contributed by atoms with Crippen molar-refractivity contribution >= 4 is 28.4 Å². The van der Waals surface area contributed by atoms with E-state index in [0.717, 1.165) is 22.2 Å². The molecule has 8 nitrogen and oxygen atoms in total. The molecule has 2 heterocycles. The molecule has 0 aliphatic rings. The quantitative estimate of drug-likeness (QED) is 0.476. The molecule has 0 saturated heterocycles. The minimum absolute atomic E-state index is 0.197. The maximum Gasteiger partial charge on any atom is 0.267 e. The van der Waals surface area contributed by atoms with Crippen molar-refractivity contribution in [1.82, 2.24) is 20.1 Å². The number of methoxy groups -OCH3 is 1. The highest BCUT2D eigenvalue weighted by Crippen LogP contribution is 2.31. The van der Waals surface area contributed by atoms with E-state index < -0.39 is 0 Å². The maximum atomic E-state index is 12.9. The summed E-state index contributed by atoms with van der Waals surface area (Å²) in [5.74, 6) is 0.214. The molecule has 8 heteroatoms. The molecular weight excluding hydrogens is 382 g/mol. The van der Waals surface area contributed by atoms with Crippen LogP contribution in [-0.4, -0.2) is 40.7 Å². The van der Waals surface area contributed by atoms with E-state index >= 15 is 0 Å². The Labute approximate surface area is 172 Å². The molecule has 0 saturated carbocycles. The Morgan fingerprint density at radius 1 is 1.07 bits per heavy atom. The van der Waals surface area contributed by atoms with Gasteiger partial charge in [0.1, 0.15) is 11.4 Å². The molecule has 30 heavy (non-hydrogen) atoms. The first kappa shape index (κ1) is 19.3. The molecule has 4 rings (SSSR count). The Bertz CT molecular complexity index is 1250. The fourth-order valence-electron chi connectivity index (χ4n) is 3.36. The van der Waals surface area contributed by atoms with Gasteiger partial charge in [-0.05, 0) is 48.5 Å². The molecule has 0 bridgehead atoms. The molecule has 152 valence electrons. The van der Waals surface area contributed by atoms with E-state index in [-0.39, 0.29) is 11.8 Å². The van der Waals surface area contributed by atoms with E-state index in [0.29, 0.717) is 22.7 Å². The summed E-state index contributed by atoms with van der Waals surface area (Å²) >= 11 is 0. The summed E-state index contributed by atoms with van der Waals surface area (Å²) in [7, 11) is 5.00. The van der Waals surface area contributed by atoms with Crippen LogP contribution < -0.4 is 15.4 Å². The second-order valence-corrected chi connectivity index (χ2v) is 6.77. The number of aryl methyl sites for hydroxylation is 1. The molecule has 0 unspecified atom stereocenters. The first-order valence-corrected chi connectivity index (χ1v) is 9.33. The van der Waals surface area contributed by atoms with Crippen molar-refractivity contribution in [1.29, 1.82) is 0 Å². The number of amides is 2. The molecule has 0 spiro atoms. The van der Waals surface area contributed by atoms with Crippen molar-refractivity contribution in [2.24, 2.45) is 7.05 Å². The Morgan fingerprint density at radius 3 is 2.60 bits per heavy atom. The number of aromatic nitrogens is 3. The fourth-order valence-corrected chi connectivity index (χ4v) is 3.36. The van der Waals surface area contributed by atoms with Gasteiger partial charge in [-0.2, -0.15) is 5.10 Å². The van der Waals surface area contributed by atoms with E-state index in [1.807, 2.05) is 25.2 Å². The lowest BCUT2D eigenvalue weighted by atomic mass is 10.1. The Balaban J connectivity index is 1.62. The van der Waals surface area contributed by atoms with Crippen molar-refractivity contribution in [3.8, 4) is 17.0 Å². The van der Waals surface area contributed by atoms with Crippen LogP contribution in [0.1, 0.15) is 20.8 Å². The van der Waals surface area contributed by atoms with E-state index in [1.54, 1.807) is 55.4 Å². The molecule has 0 fully saturated rings. The second-order valence-electron chi connectivity index (χ2n) is 6.77. The van der Waals surface area contributed by atoms with Crippen LogP contribution in [0.15, 0.2) is 54.7 Å². The van der Waals surface area contributed by atoms with Gasteiger partial charge in [0, 0.05) is 48.0 Å². The van der Waals surface area contributed by atoms with Gasteiger partial charge < -0.3 is 20.4 Å². The van der Waals surface area contributed by atoms with Gasteiger partial charge in [0.05, 0.1) is 12.8 Å². The predicted molar refractivity (Wildman–Crippen MR) is 115 cm³/mol. The minimum atomic E-state index is -0.248. The van der Waals surface area contributed by atoms with Gasteiger partial charge in [-0.15, -0.1) is 0 Å². The third kappa shape index (κ3) is 3.50. The number of anilines is 1. The number of benzene rings is 2. The van der Waals surface area contributed by atoms with Crippen LogP contribution in [-0.2, 0) is 7.05 Å². The zero-order valence-corrected chi connectivity index (χ0v) is 16.8. The molecule has 2 amide bonds. The number of nitrogens with one attached hydrogen (secondary N) is 3. The molecule has 2 aromatic carbocycles. The number of ether oxygens (including phenoxy) is 1. The van der Waals surface area contributed by atoms with E-state index in [2.05, 4.69) is 20.7 Å². The highest BCUT2D eigenvalue weighted by atomic mass is 16.5. The average molecular weight is 403 g/mol. The third-order valence-corrected chi connectivity index (χ3v) is 4.91. The van der Waals surface area contributed by atoms with Crippen molar-refractivity contribution in [2.45, 2.75) is 0 Å². The van der Waals surface area contributed by atoms with Gasteiger partial charge in [0.25, 0.3) is 11.8 Å². The van der Waals surface area contributed by atoms with E-state index in [1.165, 1.54) is 0 Å². The van der Waals surface area contributed by atoms with Crippen molar-refractivity contribution in [2.75, 3.05) is 19.5 Å². The number of H-pyrrole nitrogens is 1. The zero-order chi connectivity index (χ0) is 21.3. The van der Waals surface area contributed by atoms with E-state index in [9.17, 15) is 9.59 Å². The number of aromatic amines is 1. The molecular formula is C22H21N5O3. The van der Waals surface area contributed by atoms with Gasteiger partial charge in [-0.25, -0.2) is 0 Å². The van der Waals surface area contributed by atoms with Crippen LogP contribution in [0.4, 0.5) is 5.69 Å². The number of fused-ring (bicyclic) bond motifs is 1. The smallest absolute Gasteiger partial charge is 0.267 e. The summed E-state index contributed by atoms with van der Waals surface area (Å²) in [4.78, 5) is 27.7. The summed E-state index contributed by atoms with van der Waals surface area (Å²) in [6, 6.07) is 14.3. The number of rotatable bonds is 5. The first-order chi connectivity index (χ1) is 14.5. The SMILES string of the molecule is CNC(=O)c1cc2cc(NC(=O)c3ccc(OC)c(-c4ccnn4C)c3)ccc2[nH]1.